The van der Waals surface area contributed by atoms with E-state index in [4.69, 9.17) is 9.40 Å². The number of nitrogens with zero attached hydrogens (tertiary/aromatic N) is 1. The van der Waals surface area contributed by atoms with Crippen molar-refractivity contribution < 1.29 is 8.98 Å². The molecular formula is C49H32NO2P. The van der Waals surface area contributed by atoms with Gasteiger partial charge in [-0.1, -0.05) is 170 Å². The van der Waals surface area contributed by atoms with Crippen molar-refractivity contribution in [3.8, 4) is 33.5 Å². The average molecular weight is 698 g/mol. The number of pyridine rings is 1. The molecule has 10 rings (SSSR count). The summed E-state index contributed by atoms with van der Waals surface area (Å²) in [7, 11) is -3.13. The van der Waals surface area contributed by atoms with Crippen molar-refractivity contribution >= 4 is 66.7 Å². The van der Waals surface area contributed by atoms with Crippen LogP contribution in [0.5, 0.6) is 0 Å². The molecule has 0 aliphatic heterocycles. The molecule has 250 valence electrons. The summed E-state index contributed by atoms with van der Waals surface area (Å²) in [5.41, 5.74) is 8.60. The maximum absolute atomic E-state index is 15.2. The van der Waals surface area contributed by atoms with E-state index in [1.807, 2.05) is 84.9 Å². The van der Waals surface area contributed by atoms with E-state index in [0.717, 1.165) is 93.0 Å². The minimum atomic E-state index is -3.13. The van der Waals surface area contributed by atoms with Crippen LogP contribution in [-0.2, 0) is 4.57 Å². The second-order valence-electron chi connectivity index (χ2n) is 13.4. The van der Waals surface area contributed by atoms with Crippen LogP contribution < -0.4 is 15.9 Å². The zero-order valence-electron chi connectivity index (χ0n) is 28.7. The molecule has 0 aliphatic carbocycles. The van der Waals surface area contributed by atoms with Crippen molar-refractivity contribution in [2.24, 2.45) is 0 Å². The predicted molar refractivity (Wildman–Crippen MR) is 222 cm³/mol. The van der Waals surface area contributed by atoms with Gasteiger partial charge >= 0.3 is 0 Å². The van der Waals surface area contributed by atoms with E-state index in [2.05, 4.69) is 109 Å². The van der Waals surface area contributed by atoms with Crippen molar-refractivity contribution in [1.82, 2.24) is 4.98 Å². The van der Waals surface area contributed by atoms with E-state index in [1.54, 1.807) is 0 Å². The van der Waals surface area contributed by atoms with Crippen molar-refractivity contribution in [1.29, 1.82) is 0 Å². The highest BCUT2D eigenvalue weighted by Gasteiger charge is 2.30. The number of furan rings is 1. The summed E-state index contributed by atoms with van der Waals surface area (Å²) in [4.78, 5) is 5.36. The largest absolute Gasteiger partial charge is 0.454 e. The monoisotopic (exact) mass is 697 g/mol. The molecule has 4 heteroatoms. The third-order valence-corrected chi connectivity index (χ3v) is 13.4. The van der Waals surface area contributed by atoms with Gasteiger partial charge in [-0.05, 0) is 57.3 Å². The van der Waals surface area contributed by atoms with Gasteiger partial charge in [-0.25, -0.2) is 4.98 Å². The van der Waals surface area contributed by atoms with Gasteiger partial charge in [0.2, 0.25) is 0 Å². The van der Waals surface area contributed by atoms with Crippen LogP contribution in [0.15, 0.2) is 199 Å². The second-order valence-corrected chi connectivity index (χ2v) is 16.2. The number of para-hydroxylation sites is 1. The Balaban J connectivity index is 1.17. The first-order valence-corrected chi connectivity index (χ1v) is 19.5. The minimum absolute atomic E-state index is 0.781. The molecule has 0 aliphatic rings. The lowest BCUT2D eigenvalue weighted by atomic mass is 9.93. The highest BCUT2D eigenvalue weighted by atomic mass is 31.2. The highest BCUT2D eigenvalue weighted by Crippen LogP contribution is 2.45. The molecule has 2 aromatic heterocycles. The van der Waals surface area contributed by atoms with E-state index in [1.165, 1.54) is 0 Å². The molecule has 0 atom stereocenters. The van der Waals surface area contributed by atoms with Crippen LogP contribution in [0.4, 0.5) is 0 Å². The van der Waals surface area contributed by atoms with Gasteiger partial charge < -0.3 is 8.98 Å². The maximum atomic E-state index is 15.2. The topological polar surface area (TPSA) is 43.1 Å². The lowest BCUT2D eigenvalue weighted by Crippen LogP contribution is -2.25. The zero-order chi connectivity index (χ0) is 35.4. The molecule has 3 nitrogen and oxygen atoms in total. The fourth-order valence-electron chi connectivity index (χ4n) is 7.85. The summed E-state index contributed by atoms with van der Waals surface area (Å²) >= 11 is 0. The van der Waals surface area contributed by atoms with Crippen molar-refractivity contribution in [2.75, 3.05) is 0 Å². The van der Waals surface area contributed by atoms with Crippen LogP contribution in [0.3, 0.4) is 0 Å². The molecule has 2 heterocycles. The molecule has 53 heavy (non-hydrogen) atoms. The van der Waals surface area contributed by atoms with Crippen LogP contribution >= 0.6 is 7.14 Å². The van der Waals surface area contributed by atoms with E-state index in [0.29, 0.717) is 0 Å². The molecule has 0 amide bonds. The molecular weight excluding hydrogens is 666 g/mol. The molecule has 0 fully saturated rings. The Labute approximate surface area is 307 Å². The van der Waals surface area contributed by atoms with Gasteiger partial charge in [0.1, 0.15) is 11.3 Å². The Morgan fingerprint density at radius 3 is 1.79 bits per heavy atom. The lowest BCUT2D eigenvalue weighted by Gasteiger charge is -2.20. The van der Waals surface area contributed by atoms with Gasteiger partial charge in [0, 0.05) is 37.6 Å². The van der Waals surface area contributed by atoms with Gasteiger partial charge in [-0.3, -0.25) is 0 Å². The molecule has 10 aromatic rings. The van der Waals surface area contributed by atoms with Gasteiger partial charge in [0.25, 0.3) is 0 Å². The first kappa shape index (κ1) is 31.2. The van der Waals surface area contributed by atoms with Crippen molar-refractivity contribution in [3.63, 3.8) is 0 Å². The van der Waals surface area contributed by atoms with Crippen molar-refractivity contribution in [2.45, 2.75) is 0 Å². The van der Waals surface area contributed by atoms with Gasteiger partial charge in [0.15, 0.2) is 12.7 Å². The Bertz CT molecular complexity index is 2990. The molecule has 0 saturated carbocycles. The van der Waals surface area contributed by atoms with Gasteiger partial charge in [-0.15, -0.1) is 0 Å². The number of rotatable bonds is 6. The van der Waals surface area contributed by atoms with Crippen LogP contribution in [0.2, 0.25) is 0 Å². The van der Waals surface area contributed by atoms with Crippen LogP contribution in [0.25, 0.3) is 77.1 Å². The highest BCUT2D eigenvalue weighted by molar-refractivity contribution is 7.85. The van der Waals surface area contributed by atoms with E-state index >= 15 is 4.57 Å². The van der Waals surface area contributed by atoms with Crippen LogP contribution in [0, 0.1) is 0 Å². The summed E-state index contributed by atoms with van der Waals surface area (Å²) in [6, 6.07) is 66.0. The third kappa shape index (κ3) is 5.12. The van der Waals surface area contributed by atoms with Crippen LogP contribution in [-0.4, -0.2) is 4.98 Å². The maximum Gasteiger partial charge on any atom is 0.171 e. The fourth-order valence-corrected chi connectivity index (χ4v) is 10.5. The molecule has 0 unspecified atom stereocenters. The lowest BCUT2D eigenvalue weighted by molar-refractivity contribution is 0.592. The Morgan fingerprint density at radius 2 is 1.00 bits per heavy atom. The SMILES string of the molecule is O=P(c1ccccc1)(c1ccccc1)c1cccc(-c2cccc(-c3cccc4nc(-c5cccc6ccccc56)c5oc6ccccc6c5c34)c2)c1. The van der Waals surface area contributed by atoms with Gasteiger partial charge in [-0.2, -0.15) is 0 Å². The molecule has 8 aromatic carbocycles. The normalized spacial score (nSPS) is 11.8. The Morgan fingerprint density at radius 1 is 0.434 bits per heavy atom. The summed E-state index contributed by atoms with van der Waals surface area (Å²) in [6.45, 7) is 0. The minimum Gasteiger partial charge on any atom is -0.454 e. The smallest absolute Gasteiger partial charge is 0.171 e. The summed E-state index contributed by atoms with van der Waals surface area (Å²) in [5.74, 6) is 0. The first-order chi connectivity index (χ1) is 26.2. The summed E-state index contributed by atoms with van der Waals surface area (Å²) in [6.07, 6.45) is 0. The third-order valence-electron chi connectivity index (χ3n) is 10.3. The molecule has 0 bridgehead atoms. The molecule has 0 radical (unpaired) electrons. The van der Waals surface area contributed by atoms with E-state index in [-0.39, 0.29) is 0 Å². The van der Waals surface area contributed by atoms with Gasteiger partial charge in [0.05, 0.1) is 5.52 Å². The average Bonchev–Trinajstić information content (AvgIpc) is 3.63. The number of aromatic nitrogens is 1. The van der Waals surface area contributed by atoms with E-state index < -0.39 is 7.14 Å². The quantitative estimate of drug-likeness (QED) is 0.162. The number of fused-ring (bicyclic) bond motifs is 6. The molecule has 0 spiro atoms. The summed E-state index contributed by atoms with van der Waals surface area (Å²) in [5, 5.41) is 7.92. The van der Waals surface area contributed by atoms with E-state index in [9.17, 15) is 0 Å². The summed E-state index contributed by atoms with van der Waals surface area (Å²) < 4.78 is 21.9. The Hall–Kier alpha value is -6.54. The number of benzene rings is 8. The first-order valence-electron chi connectivity index (χ1n) is 17.8. The number of hydrogen-bond acceptors (Lipinski definition) is 3. The predicted octanol–water partition coefficient (Wildman–Crippen LogP) is 11.9. The molecule has 0 N–H and O–H groups in total. The van der Waals surface area contributed by atoms with Crippen LogP contribution in [0.1, 0.15) is 0 Å². The Kier molecular flexibility index (Phi) is 7.42. The second kappa shape index (κ2) is 12.6. The standard InChI is InChI=1S/C49H32NO2P/c51-53(37-20-3-1-4-21-37,38-22-5-2-6-23-38)39-24-12-18-35(32-39)34-17-11-19-36(31-34)41-27-14-29-44-46(41)47-43-26-9-10-30-45(43)52-49(47)48(50-44)42-28-13-16-33-15-7-8-25-40(33)42/h1-32H. The number of hydrogen-bond donors (Lipinski definition) is 0. The fraction of sp³-hybridized carbons (Fsp3) is 0. The molecule has 0 saturated heterocycles. The van der Waals surface area contributed by atoms with Crippen molar-refractivity contribution in [3.05, 3.63) is 194 Å². The zero-order valence-corrected chi connectivity index (χ0v) is 29.6.